The Morgan fingerprint density at radius 1 is 1.35 bits per heavy atom. The molecule has 0 spiro atoms. The SMILES string of the molecule is O=C(O)C(O)c1cc(OC(F)(F)F)ccc1O. The van der Waals surface area contributed by atoms with E-state index < -0.39 is 35.5 Å². The first-order valence-electron chi connectivity index (χ1n) is 4.20. The molecule has 1 aromatic carbocycles. The Hall–Kier alpha value is -1.96. The number of phenolic OH excluding ortho intramolecular Hbond substituents is 1. The molecule has 1 rings (SSSR count). The lowest BCUT2D eigenvalue weighted by Gasteiger charge is -2.12. The quantitative estimate of drug-likeness (QED) is 0.757. The summed E-state index contributed by atoms with van der Waals surface area (Å²) >= 11 is 0. The normalized spacial score (nSPS) is 13.2. The first-order valence-corrected chi connectivity index (χ1v) is 4.20. The molecule has 3 N–H and O–H groups in total. The molecule has 0 aliphatic heterocycles. The molecule has 1 aromatic rings. The van der Waals surface area contributed by atoms with Crippen molar-refractivity contribution in [2.24, 2.45) is 0 Å². The van der Waals surface area contributed by atoms with Crippen LogP contribution in [-0.4, -0.2) is 27.7 Å². The summed E-state index contributed by atoms with van der Waals surface area (Å²) in [5.41, 5.74) is -0.584. The molecular formula is C9H7F3O5. The number of aromatic hydroxyl groups is 1. The Morgan fingerprint density at radius 3 is 2.41 bits per heavy atom. The molecule has 0 amide bonds. The summed E-state index contributed by atoms with van der Waals surface area (Å²) in [7, 11) is 0. The summed E-state index contributed by atoms with van der Waals surface area (Å²) in [6, 6.07) is 2.19. The van der Waals surface area contributed by atoms with Crippen molar-refractivity contribution in [2.75, 3.05) is 0 Å². The predicted octanol–water partition coefficient (Wildman–Crippen LogP) is 1.41. The smallest absolute Gasteiger partial charge is 0.508 e. The maximum Gasteiger partial charge on any atom is 0.573 e. The summed E-state index contributed by atoms with van der Waals surface area (Å²) in [6.07, 6.45) is -7.07. The lowest BCUT2D eigenvalue weighted by atomic mass is 10.1. The van der Waals surface area contributed by atoms with E-state index >= 15 is 0 Å². The van der Waals surface area contributed by atoms with Crippen molar-refractivity contribution in [3.8, 4) is 11.5 Å². The monoisotopic (exact) mass is 252 g/mol. The number of carboxylic acids is 1. The van der Waals surface area contributed by atoms with Gasteiger partial charge in [-0.05, 0) is 18.2 Å². The van der Waals surface area contributed by atoms with Crippen LogP contribution >= 0.6 is 0 Å². The number of phenols is 1. The highest BCUT2D eigenvalue weighted by Crippen LogP contribution is 2.31. The van der Waals surface area contributed by atoms with Crippen LogP contribution in [0.1, 0.15) is 11.7 Å². The van der Waals surface area contributed by atoms with Crippen LogP contribution in [0, 0.1) is 0 Å². The van der Waals surface area contributed by atoms with E-state index in [0.717, 1.165) is 12.1 Å². The van der Waals surface area contributed by atoms with Crippen molar-refractivity contribution in [1.29, 1.82) is 0 Å². The molecule has 0 radical (unpaired) electrons. The molecule has 0 fully saturated rings. The number of halogens is 3. The van der Waals surface area contributed by atoms with Crippen LogP contribution < -0.4 is 4.74 Å². The first-order chi connectivity index (χ1) is 7.70. The Morgan fingerprint density at radius 2 is 1.94 bits per heavy atom. The number of rotatable bonds is 3. The van der Waals surface area contributed by atoms with E-state index in [1.807, 2.05) is 0 Å². The number of carbonyl (C=O) groups is 1. The van der Waals surface area contributed by atoms with Gasteiger partial charge < -0.3 is 20.1 Å². The summed E-state index contributed by atoms with van der Waals surface area (Å²) in [4.78, 5) is 10.4. The second-order valence-corrected chi connectivity index (χ2v) is 3.01. The van der Waals surface area contributed by atoms with Gasteiger partial charge in [-0.15, -0.1) is 13.2 Å². The molecule has 0 aliphatic carbocycles. The molecule has 0 saturated carbocycles. The molecule has 0 saturated heterocycles. The van der Waals surface area contributed by atoms with Crippen molar-refractivity contribution < 1.29 is 38.0 Å². The summed E-state index contributed by atoms with van der Waals surface area (Å²) in [6.45, 7) is 0. The highest BCUT2D eigenvalue weighted by molar-refractivity contribution is 5.75. The molecule has 1 unspecified atom stereocenters. The van der Waals surface area contributed by atoms with Crippen LogP contribution in [0.5, 0.6) is 11.5 Å². The second-order valence-electron chi connectivity index (χ2n) is 3.01. The van der Waals surface area contributed by atoms with Crippen LogP contribution in [0.4, 0.5) is 13.2 Å². The molecule has 0 aliphatic rings. The predicted molar refractivity (Wildman–Crippen MR) is 47.4 cm³/mol. The molecule has 1 atom stereocenters. The number of aliphatic hydroxyl groups excluding tert-OH is 1. The van der Waals surface area contributed by atoms with E-state index in [0.29, 0.717) is 6.07 Å². The minimum Gasteiger partial charge on any atom is -0.508 e. The van der Waals surface area contributed by atoms with E-state index in [4.69, 9.17) is 10.2 Å². The summed E-state index contributed by atoms with van der Waals surface area (Å²) < 4.78 is 39.1. The third-order valence-electron chi connectivity index (χ3n) is 1.76. The average Bonchev–Trinajstić information content (AvgIpc) is 2.17. The van der Waals surface area contributed by atoms with E-state index in [2.05, 4.69) is 4.74 Å². The zero-order chi connectivity index (χ0) is 13.2. The Kier molecular flexibility index (Phi) is 3.47. The number of benzene rings is 1. The zero-order valence-electron chi connectivity index (χ0n) is 8.10. The molecule has 17 heavy (non-hydrogen) atoms. The lowest BCUT2D eigenvalue weighted by molar-refractivity contribution is -0.274. The van der Waals surface area contributed by atoms with Gasteiger partial charge in [-0.1, -0.05) is 0 Å². The topological polar surface area (TPSA) is 87.0 Å². The van der Waals surface area contributed by atoms with Gasteiger partial charge in [0.2, 0.25) is 0 Å². The Balaban J connectivity index is 3.06. The van der Waals surface area contributed by atoms with Crippen LogP contribution in [0.15, 0.2) is 18.2 Å². The largest absolute Gasteiger partial charge is 0.573 e. The van der Waals surface area contributed by atoms with Gasteiger partial charge in [0, 0.05) is 5.56 Å². The van der Waals surface area contributed by atoms with Crippen molar-refractivity contribution in [1.82, 2.24) is 0 Å². The minimum atomic E-state index is -4.94. The van der Waals surface area contributed by atoms with Crippen molar-refractivity contribution in [2.45, 2.75) is 12.5 Å². The minimum absolute atomic E-state index is 0.584. The average molecular weight is 252 g/mol. The van der Waals surface area contributed by atoms with Crippen LogP contribution in [0.25, 0.3) is 0 Å². The molecule has 0 heterocycles. The molecule has 94 valence electrons. The molecule has 5 nitrogen and oxygen atoms in total. The summed E-state index contributed by atoms with van der Waals surface area (Å²) in [5, 5.41) is 26.8. The maximum atomic E-state index is 11.9. The fourth-order valence-electron chi connectivity index (χ4n) is 1.08. The van der Waals surface area contributed by atoms with Gasteiger partial charge in [0.25, 0.3) is 0 Å². The Bertz CT molecular complexity index is 429. The standard InChI is InChI=1S/C9H7F3O5/c10-9(11,12)17-4-1-2-6(13)5(3-4)7(14)8(15)16/h1-3,7,13-14H,(H,15,16). The van der Waals surface area contributed by atoms with Gasteiger partial charge in [0.1, 0.15) is 11.5 Å². The second kappa shape index (κ2) is 4.50. The van der Waals surface area contributed by atoms with E-state index in [9.17, 15) is 23.1 Å². The van der Waals surface area contributed by atoms with Gasteiger partial charge >= 0.3 is 12.3 Å². The number of hydrogen-bond donors (Lipinski definition) is 3. The van der Waals surface area contributed by atoms with Gasteiger partial charge in [-0.3, -0.25) is 0 Å². The maximum absolute atomic E-state index is 11.9. The van der Waals surface area contributed by atoms with Gasteiger partial charge in [-0.25, -0.2) is 4.79 Å². The Labute approximate surface area is 92.7 Å². The number of ether oxygens (including phenoxy) is 1. The van der Waals surface area contributed by atoms with Gasteiger partial charge in [0.05, 0.1) is 0 Å². The van der Waals surface area contributed by atoms with Crippen LogP contribution in [0.2, 0.25) is 0 Å². The lowest BCUT2D eigenvalue weighted by Crippen LogP contribution is -2.17. The number of aliphatic carboxylic acids is 1. The van der Waals surface area contributed by atoms with E-state index in [1.165, 1.54) is 0 Å². The van der Waals surface area contributed by atoms with E-state index in [-0.39, 0.29) is 0 Å². The number of alkyl halides is 3. The molecule has 0 bridgehead atoms. The van der Waals surface area contributed by atoms with Crippen molar-refractivity contribution >= 4 is 5.97 Å². The summed E-state index contributed by atoms with van der Waals surface area (Å²) in [5.74, 6) is -3.08. The number of carboxylic acid groups (broad SMARTS) is 1. The fourth-order valence-corrected chi connectivity index (χ4v) is 1.08. The number of aliphatic hydroxyl groups is 1. The molecular weight excluding hydrogens is 245 g/mol. The van der Waals surface area contributed by atoms with Crippen molar-refractivity contribution in [3.63, 3.8) is 0 Å². The van der Waals surface area contributed by atoms with Gasteiger partial charge in [-0.2, -0.15) is 0 Å². The highest BCUT2D eigenvalue weighted by atomic mass is 19.4. The fraction of sp³-hybridized carbons (Fsp3) is 0.222. The van der Waals surface area contributed by atoms with Crippen LogP contribution in [-0.2, 0) is 4.79 Å². The van der Waals surface area contributed by atoms with Gasteiger partial charge in [0.15, 0.2) is 6.10 Å². The van der Waals surface area contributed by atoms with E-state index in [1.54, 1.807) is 0 Å². The highest BCUT2D eigenvalue weighted by Gasteiger charge is 2.32. The van der Waals surface area contributed by atoms with Crippen molar-refractivity contribution in [3.05, 3.63) is 23.8 Å². The van der Waals surface area contributed by atoms with Crippen LogP contribution in [0.3, 0.4) is 0 Å². The molecule has 8 heteroatoms. The molecule has 0 aromatic heterocycles. The third kappa shape index (κ3) is 3.52. The third-order valence-corrected chi connectivity index (χ3v) is 1.76. The number of hydrogen-bond acceptors (Lipinski definition) is 4. The first kappa shape index (κ1) is 13.1. The zero-order valence-corrected chi connectivity index (χ0v) is 8.10.